The highest BCUT2D eigenvalue weighted by molar-refractivity contribution is 9.10. The highest BCUT2D eigenvalue weighted by Crippen LogP contribution is 2.43. The lowest BCUT2D eigenvalue weighted by Gasteiger charge is -2.39. The van der Waals surface area contributed by atoms with Crippen LogP contribution in [0.5, 0.6) is 11.5 Å². The van der Waals surface area contributed by atoms with Crippen molar-refractivity contribution in [3.8, 4) is 11.5 Å². The van der Waals surface area contributed by atoms with Gasteiger partial charge < -0.3 is 19.5 Å². The summed E-state index contributed by atoms with van der Waals surface area (Å²) in [4.78, 5) is 11.5. The van der Waals surface area contributed by atoms with Crippen LogP contribution in [0, 0.1) is 5.41 Å². The fourth-order valence-corrected chi connectivity index (χ4v) is 2.83. The van der Waals surface area contributed by atoms with Crippen molar-refractivity contribution in [2.45, 2.75) is 19.9 Å². The molecular weight excluding hydrogens is 362 g/mol. The van der Waals surface area contributed by atoms with Crippen molar-refractivity contribution in [1.82, 2.24) is 5.32 Å². The van der Waals surface area contributed by atoms with E-state index in [9.17, 15) is 4.79 Å². The van der Waals surface area contributed by atoms with Gasteiger partial charge in [0.05, 0.1) is 20.3 Å². The Bertz CT molecular complexity index is 536. The third kappa shape index (κ3) is 3.55. The Hall–Kier alpha value is -1.14. The van der Waals surface area contributed by atoms with Gasteiger partial charge in [0.15, 0.2) is 11.5 Å². The number of methoxy groups -OCH3 is 2. The minimum Gasteiger partial charge on any atom is -0.493 e. The molecule has 0 aromatic heterocycles. The van der Waals surface area contributed by atoms with E-state index in [1.807, 2.05) is 26.0 Å². The molecule has 7 heteroatoms. The summed E-state index contributed by atoms with van der Waals surface area (Å²) in [6, 6.07) is 3.55. The van der Waals surface area contributed by atoms with Gasteiger partial charge in [-0.05, 0) is 17.7 Å². The maximum absolute atomic E-state index is 11.5. The first kappa shape index (κ1) is 17.9. The van der Waals surface area contributed by atoms with Crippen LogP contribution in [-0.4, -0.2) is 26.9 Å². The molecule has 1 amide bonds. The van der Waals surface area contributed by atoms with Gasteiger partial charge in [0.25, 0.3) is 0 Å². The summed E-state index contributed by atoms with van der Waals surface area (Å²) in [5, 5.41) is 2.87. The van der Waals surface area contributed by atoms with Crippen molar-refractivity contribution in [3.05, 3.63) is 22.2 Å². The van der Waals surface area contributed by atoms with Crippen molar-refractivity contribution < 1.29 is 19.0 Å². The third-order valence-electron chi connectivity index (χ3n) is 3.43. The number of carbonyl (C=O) groups excluding carboxylic acids is 1. The third-order valence-corrected chi connectivity index (χ3v) is 4.12. The molecule has 0 radical (unpaired) electrons. The quantitative estimate of drug-likeness (QED) is 0.869. The summed E-state index contributed by atoms with van der Waals surface area (Å²) < 4.78 is 16.5. The van der Waals surface area contributed by atoms with E-state index >= 15 is 0 Å². The number of hydrogen-bond donors (Lipinski definition) is 1. The predicted octanol–water partition coefficient (Wildman–Crippen LogP) is 3.70. The van der Waals surface area contributed by atoms with E-state index in [0.29, 0.717) is 18.1 Å². The molecule has 1 N–H and O–H groups in total. The van der Waals surface area contributed by atoms with Gasteiger partial charge in [0, 0.05) is 9.89 Å². The maximum atomic E-state index is 11.5. The molecular formula is C14H19BrClNO4. The summed E-state index contributed by atoms with van der Waals surface area (Å²) in [5.41, 5.74) is 0.708. The number of benzene rings is 1. The molecule has 1 heterocycles. The fourth-order valence-electron chi connectivity index (χ4n) is 2.28. The number of halogens is 2. The zero-order valence-corrected chi connectivity index (χ0v) is 14.8. The zero-order valence-electron chi connectivity index (χ0n) is 12.4. The number of cyclic esters (lactones) is 1. The SMILES string of the molecule is COc1cc(Br)c([C@@H]2NC(=O)OCC2(C)C)cc1OC.Cl. The summed E-state index contributed by atoms with van der Waals surface area (Å²) >= 11 is 3.53. The van der Waals surface area contributed by atoms with Crippen LogP contribution < -0.4 is 14.8 Å². The van der Waals surface area contributed by atoms with Gasteiger partial charge >= 0.3 is 6.09 Å². The van der Waals surface area contributed by atoms with E-state index in [-0.39, 0.29) is 23.9 Å². The lowest BCUT2D eigenvalue weighted by molar-refractivity contribution is 0.0385. The van der Waals surface area contributed by atoms with Crippen LogP contribution in [0.3, 0.4) is 0 Å². The molecule has 1 aromatic carbocycles. The van der Waals surface area contributed by atoms with Gasteiger partial charge in [-0.3, -0.25) is 0 Å². The fraction of sp³-hybridized carbons (Fsp3) is 0.500. The van der Waals surface area contributed by atoms with Gasteiger partial charge in [0.1, 0.15) is 6.61 Å². The molecule has 21 heavy (non-hydrogen) atoms. The lowest BCUT2D eigenvalue weighted by Crippen LogP contribution is -2.47. The molecule has 5 nitrogen and oxygen atoms in total. The first-order valence-electron chi connectivity index (χ1n) is 6.23. The number of hydrogen-bond acceptors (Lipinski definition) is 4. The highest BCUT2D eigenvalue weighted by atomic mass is 79.9. The Morgan fingerprint density at radius 3 is 2.43 bits per heavy atom. The predicted molar refractivity (Wildman–Crippen MR) is 85.5 cm³/mol. The Balaban J connectivity index is 0.00000220. The molecule has 0 aliphatic carbocycles. The minimum absolute atomic E-state index is 0. The Labute approximate surface area is 138 Å². The number of amides is 1. The van der Waals surface area contributed by atoms with Crippen molar-refractivity contribution in [2.75, 3.05) is 20.8 Å². The summed E-state index contributed by atoms with van der Waals surface area (Å²) in [7, 11) is 3.17. The Morgan fingerprint density at radius 2 is 1.86 bits per heavy atom. The average Bonchev–Trinajstić information content (AvgIpc) is 2.41. The smallest absolute Gasteiger partial charge is 0.407 e. The second-order valence-corrected chi connectivity index (χ2v) is 6.23. The number of carbonyl (C=O) groups is 1. The summed E-state index contributed by atoms with van der Waals surface area (Å²) in [6.07, 6.45) is -0.406. The normalized spacial score (nSPS) is 19.9. The molecule has 1 fully saturated rings. The average molecular weight is 381 g/mol. The van der Waals surface area contributed by atoms with Crippen LogP contribution in [0.1, 0.15) is 25.5 Å². The summed E-state index contributed by atoms with van der Waals surface area (Å²) in [5.74, 6) is 1.27. The lowest BCUT2D eigenvalue weighted by atomic mass is 9.80. The van der Waals surface area contributed by atoms with E-state index in [2.05, 4.69) is 21.2 Å². The second-order valence-electron chi connectivity index (χ2n) is 5.37. The first-order chi connectivity index (χ1) is 9.39. The molecule has 1 atom stereocenters. The largest absolute Gasteiger partial charge is 0.493 e. The molecule has 0 spiro atoms. The number of rotatable bonds is 3. The van der Waals surface area contributed by atoms with Gasteiger partial charge in [-0.1, -0.05) is 29.8 Å². The van der Waals surface area contributed by atoms with Crippen LogP contribution in [0.4, 0.5) is 4.79 Å². The highest BCUT2D eigenvalue weighted by Gasteiger charge is 2.39. The summed E-state index contributed by atoms with van der Waals surface area (Å²) in [6.45, 7) is 4.45. The molecule has 0 bridgehead atoms. The molecule has 2 rings (SSSR count). The minimum atomic E-state index is -0.406. The van der Waals surface area contributed by atoms with Crippen LogP contribution in [0.25, 0.3) is 0 Å². The van der Waals surface area contributed by atoms with Crippen molar-refractivity contribution >= 4 is 34.4 Å². The second kappa shape index (κ2) is 6.75. The van der Waals surface area contributed by atoms with Gasteiger partial charge in [-0.2, -0.15) is 0 Å². The molecule has 118 valence electrons. The van der Waals surface area contributed by atoms with Crippen molar-refractivity contribution in [2.24, 2.45) is 5.41 Å². The monoisotopic (exact) mass is 379 g/mol. The number of ether oxygens (including phenoxy) is 3. The molecule has 0 saturated carbocycles. The molecule has 0 unspecified atom stereocenters. The number of alkyl carbamates (subject to hydrolysis) is 1. The number of nitrogens with one attached hydrogen (secondary N) is 1. The van der Waals surface area contributed by atoms with E-state index in [0.717, 1.165) is 10.0 Å². The van der Waals surface area contributed by atoms with Crippen molar-refractivity contribution in [1.29, 1.82) is 0 Å². The van der Waals surface area contributed by atoms with Gasteiger partial charge in [-0.25, -0.2) is 4.79 Å². The van der Waals surface area contributed by atoms with Gasteiger partial charge in [-0.15, -0.1) is 12.4 Å². The standard InChI is InChI=1S/C14H18BrNO4.ClH/c1-14(2)7-20-13(17)16-12(14)8-5-10(18-3)11(19-4)6-9(8)15;/h5-6,12H,7H2,1-4H3,(H,16,17);1H/t12-;/m0./s1. The van der Waals surface area contributed by atoms with Crippen LogP contribution >= 0.6 is 28.3 Å². The molecule has 1 aliphatic heterocycles. The van der Waals surface area contributed by atoms with E-state index < -0.39 is 6.09 Å². The van der Waals surface area contributed by atoms with Crippen LogP contribution in [-0.2, 0) is 4.74 Å². The maximum Gasteiger partial charge on any atom is 0.407 e. The van der Waals surface area contributed by atoms with Crippen molar-refractivity contribution in [3.63, 3.8) is 0 Å². The zero-order chi connectivity index (χ0) is 14.9. The molecule has 1 aliphatic rings. The Kier molecular flexibility index (Phi) is 5.75. The van der Waals surface area contributed by atoms with E-state index in [4.69, 9.17) is 14.2 Å². The first-order valence-corrected chi connectivity index (χ1v) is 7.03. The van der Waals surface area contributed by atoms with Crippen LogP contribution in [0.2, 0.25) is 0 Å². The van der Waals surface area contributed by atoms with Gasteiger partial charge in [0.2, 0.25) is 0 Å². The molecule has 1 aromatic rings. The van der Waals surface area contributed by atoms with E-state index in [1.54, 1.807) is 14.2 Å². The topological polar surface area (TPSA) is 56.8 Å². The van der Waals surface area contributed by atoms with Crippen LogP contribution in [0.15, 0.2) is 16.6 Å². The Morgan fingerprint density at radius 1 is 1.29 bits per heavy atom. The molecule has 1 saturated heterocycles. The van der Waals surface area contributed by atoms with E-state index in [1.165, 1.54) is 0 Å².